The van der Waals surface area contributed by atoms with Crippen molar-refractivity contribution in [2.75, 3.05) is 6.61 Å². The van der Waals surface area contributed by atoms with Gasteiger partial charge in [0.1, 0.15) is 24.6 Å². The van der Waals surface area contributed by atoms with Crippen molar-refractivity contribution in [2.45, 2.75) is 71.9 Å². The lowest BCUT2D eigenvalue weighted by molar-refractivity contribution is -0.274. The molecule has 0 bridgehead atoms. The molecule has 12 nitrogen and oxygen atoms in total. The molecule has 0 radical (unpaired) electrons. The van der Waals surface area contributed by atoms with E-state index in [0.717, 1.165) is 13.8 Å². The third-order valence-electron chi connectivity index (χ3n) is 6.05. The van der Waals surface area contributed by atoms with Crippen LogP contribution in [0.4, 0.5) is 0 Å². The molecule has 0 spiro atoms. The van der Waals surface area contributed by atoms with Crippen LogP contribution in [-0.4, -0.2) is 54.9 Å². The minimum absolute atomic E-state index is 0.155. The van der Waals surface area contributed by atoms with Crippen LogP contribution in [0.25, 0.3) is 0 Å². The molecular formula is C29H35O12P. The van der Waals surface area contributed by atoms with Gasteiger partial charge in [-0.2, -0.15) is 0 Å². The predicted molar refractivity (Wildman–Crippen MR) is 146 cm³/mol. The van der Waals surface area contributed by atoms with Crippen molar-refractivity contribution in [1.29, 1.82) is 0 Å². The van der Waals surface area contributed by atoms with Gasteiger partial charge in [0.05, 0.1) is 19.1 Å². The van der Waals surface area contributed by atoms with Gasteiger partial charge in [0.25, 0.3) is 0 Å². The Bertz CT molecular complexity index is 1200. The number of benzene rings is 2. The SMILES string of the molecule is CC(=O)C[C@H]1[C@@H](OP(=O)(OCc2ccccc2)OCc2ccccc2)O[C@H](COC(C)=O)[C@H](OC(C)=O)[C@@H]1OC(C)=O. The number of rotatable bonds is 14. The molecule has 2 aromatic carbocycles. The Morgan fingerprint density at radius 2 is 1.24 bits per heavy atom. The summed E-state index contributed by atoms with van der Waals surface area (Å²) in [5.41, 5.74) is 1.35. The fourth-order valence-corrected chi connectivity index (χ4v) is 5.57. The second kappa shape index (κ2) is 15.7. The maximum atomic E-state index is 14.1. The quantitative estimate of drug-likeness (QED) is 0.171. The van der Waals surface area contributed by atoms with Crippen LogP contribution in [0.5, 0.6) is 0 Å². The first-order valence-electron chi connectivity index (χ1n) is 13.2. The van der Waals surface area contributed by atoms with Gasteiger partial charge >= 0.3 is 25.7 Å². The Balaban J connectivity index is 1.98. The zero-order chi connectivity index (χ0) is 30.7. The van der Waals surface area contributed by atoms with Crippen LogP contribution in [0.15, 0.2) is 60.7 Å². The highest BCUT2D eigenvalue weighted by Crippen LogP contribution is 2.54. The highest BCUT2D eigenvalue weighted by Gasteiger charge is 2.53. The Hall–Kier alpha value is -3.41. The van der Waals surface area contributed by atoms with Crippen molar-refractivity contribution in [3.63, 3.8) is 0 Å². The number of phosphoric acid groups is 1. The zero-order valence-corrected chi connectivity index (χ0v) is 24.7. The van der Waals surface area contributed by atoms with Crippen LogP contribution in [0.1, 0.15) is 45.2 Å². The first kappa shape index (κ1) is 33.1. The lowest BCUT2D eigenvalue weighted by atomic mass is 9.87. The molecular weight excluding hydrogens is 571 g/mol. The fourth-order valence-electron chi connectivity index (χ4n) is 4.30. The number of esters is 3. The van der Waals surface area contributed by atoms with Crippen LogP contribution >= 0.6 is 7.82 Å². The van der Waals surface area contributed by atoms with Crippen LogP contribution < -0.4 is 0 Å². The highest BCUT2D eigenvalue weighted by atomic mass is 31.2. The number of carbonyl (C=O) groups is 4. The van der Waals surface area contributed by atoms with E-state index >= 15 is 0 Å². The molecule has 1 fully saturated rings. The van der Waals surface area contributed by atoms with Crippen LogP contribution in [0.2, 0.25) is 0 Å². The number of carbonyl (C=O) groups excluding carboxylic acids is 4. The first-order chi connectivity index (χ1) is 20.0. The van der Waals surface area contributed by atoms with Crippen molar-refractivity contribution in [2.24, 2.45) is 5.92 Å². The van der Waals surface area contributed by atoms with E-state index in [1.54, 1.807) is 48.5 Å². The van der Waals surface area contributed by atoms with Gasteiger partial charge in [0.2, 0.25) is 0 Å². The van der Waals surface area contributed by atoms with Crippen LogP contribution in [-0.2, 0) is 69.5 Å². The molecule has 1 aliphatic rings. The van der Waals surface area contributed by atoms with Gasteiger partial charge in [-0.25, -0.2) is 4.57 Å². The number of hydrogen-bond donors (Lipinski definition) is 0. The molecule has 3 rings (SSSR count). The molecule has 228 valence electrons. The summed E-state index contributed by atoms with van der Waals surface area (Å²) < 4.78 is 53.5. The van der Waals surface area contributed by atoms with Gasteiger partial charge in [-0.3, -0.25) is 28.0 Å². The topological polar surface area (TPSA) is 150 Å². The Labute approximate surface area is 244 Å². The van der Waals surface area contributed by atoms with E-state index in [2.05, 4.69) is 0 Å². The summed E-state index contributed by atoms with van der Waals surface area (Å²) in [6.07, 6.45) is -5.64. The number of hydrogen-bond acceptors (Lipinski definition) is 12. The largest absolute Gasteiger partial charge is 0.477 e. The van der Waals surface area contributed by atoms with E-state index in [-0.39, 0.29) is 25.4 Å². The van der Waals surface area contributed by atoms with Crippen LogP contribution in [0, 0.1) is 5.92 Å². The predicted octanol–water partition coefficient (Wildman–Crippen LogP) is 4.29. The molecule has 42 heavy (non-hydrogen) atoms. The summed E-state index contributed by atoms with van der Waals surface area (Å²) in [4.78, 5) is 48.1. The minimum atomic E-state index is -4.46. The molecule has 13 heteroatoms. The standard InChI is InChI=1S/C29H35O12P/c1-19(30)15-25-27(38-21(3)32)28(39-22(4)33)26(18-35-20(2)31)40-29(25)41-42(34,36-16-23-11-7-5-8-12-23)37-17-24-13-9-6-10-14-24/h5-14,25-29H,15-18H2,1-4H3/t25-,26-,27-,28+,29-/m1/s1. The molecule has 1 aliphatic heterocycles. The van der Waals surface area contributed by atoms with Crippen molar-refractivity contribution in [3.05, 3.63) is 71.8 Å². The summed E-state index contributed by atoms with van der Waals surface area (Å²) in [6, 6.07) is 17.8. The van der Waals surface area contributed by atoms with E-state index in [9.17, 15) is 23.7 Å². The molecule has 1 heterocycles. The van der Waals surface area contributed by atoms with Gasteiger partial charge in [0.15, 0.2) is 12.4 Å². The maximum absolute atomic E-state index is 14.1. The van der Waals surface area contributed by atoms with E-state index in [1.165, 1.54) is 13.8 Å². The van der Waals surface area contributed by atoms with Gasteiger partial charge < -0.3 is 23.7 Å². The van der Waals surface area contributed by atoms with E-state index in [1.807, 2.05) is 12.1 Å². The van der Waals surface area contributed by atoms with Crippen molar-refractivity contribution in [1.82, 2.24) is 0 Å². The molecule has 0 amide bonds. The molecule has 1 saturated heterocycles. The number of ether oxygens (including phenoxy) is 4. The molecule has 0 aliphatic carbocycles. The second-order valence-corrected chi connectivity index (χ2v) is 11.3. The fraction of sp³-hybridized carbons (Fsp3) is 0.448. The van der Waals surface area contributed by atoms with Crippen molar-refractivity contribution < 1.29 is 56.3 Å². The van der Waals surface area contributed by atoms with Crippen molar-refractivity contribution in [3.8, 4) is 0 Å². The van der Waals surface area contributed by atoms with Crippen LogP contribution in [0.3, 0.4) is 0 Å². The summed E-state index contributed by atoms with van der Waals surface area (Å²) in [7, 11) is -4.46. The number of Topliss-reactive ketones (excluding diaryl/α,β-unsaturated/α-hetero) is 1. The Morgan fingerprint density at radius 3 is 1.69 bits per heavy atom. The lowest BCUT2D eigenvalue weighted by Gasteiger charge is -2.45. The maximum Gasteiger partial charge on any atom is 0.477 e. The average molecular weight is 607 g/mol. The van der Waals surface area contributed by atoms with Gasteiger partial charge in [-0.05, 0) is 18.1 Å². The minimum Gasteiger partial charge on any atom is -0.463 e. The zero-order valence-electron chi connectivity index (χ0n) is 23.8. The van der Waals surface area contributed by atoms with Crippen molar-refractivity contribution >= 4 is 31.5 Å². The molecule has 2 aromatic rings. The third kappa shape index (κ3) is 10.5. The smallest absolute Gasteiger partial charge is 0.463 e. The average Bonchev–Trinajstić information content (AvgIpc) is 2.93. The second-order valence-electron chi connectivity index (χ2n) is 9.63. The van der Waals surface area contributed by atoms with Gasteiger partial charge in [-0.1, -0.05) is 60.7 Å². The number of phosphoric ester groups is 1. The highest BCUT2D eigenvalue weighted by molar-refractivity contribution is 7.48. The monoisotopic (exact) mass is 606 g/mol. The molecule has 0 N–H and O–H groups in total. The van der Waals surface area contributed by atoms with Gasteiger partial charge in [0, 0.05) is 27.2 Å². The summed E-state index contributed by atoms with van der Waals surface area (Å²) in [5, 5.41) is 0. The lowest BCUT2D eigenvalue weighted by Crippen LogP contribution is -2.59. The van der Waals surface area contributed by atoms with Gasteiger partial charge in [-0.15, -0.1) is 0 Å². The Kier molecular flexibility index (Phi) is 12.4. The van der Waals surface area contributed by atoms with E-state index in [0.29, 0.717) is 11.1 Å². The summed E-state index contributed by atoms with van der Waals surface area (Å²) in [6.45, 7) is 4.00. The molecule has 0 unspecified atom stereocenters. The van der Waals surface area contributed by atoms with E-state index < -0.39 is 62.9 Å². The van der Waals surface area contributed by atoms with E-state index in [4.69, 9.17) is 32.5 Å². The molecule has 0 saturated carbocycles. The Morgan fingerprint density at radius 1 is 0.738 bits per heavy atom. The summed E-state index contributed by atoms with van der Waals surface area (Å²) in [5.74, 6) is -3.60. The first-order valence-corrected chi connectivity index (χ1v) is 14.7. The molecule has 5 atom stereocenters. The third-order valence-corrected chi connectivity index (χ3v) is 7.40. The molecule has 0 aromatic heterocycles. The summed E-state index contributed by atoms with van der Waals surface area (Å²) >= 11 is 0. The number of ketones is 1. The normalized spacial score (nSPS) is 22.1.